The van der Waals surface area contributed by atoms with E-state index in [1.807, 2.05) is 35.7 Å². The number of halogens is 1. The van der Waals surface area contributed by atoms with E-state index in [4.69, 9.17) is 16.0 Å². The van der Waals surface area contributed by atoms with Crippen molar-refractivity contribution in [3.05, 3.63) is 52.7 Å². The van der Waals surface area contributed by atoms with E-state index in [-0.39, 0.29) is 11.9 Å². The summed E-state index contributed by atoms with van der Waals surface area (Å²) < 4.78 is 5.71. The lowest BCUT2D eigenvalue weighted by Gasteiger charge is -2.34. The molecule has 0 unspecified atom stereocenters. The standard InChI is InChI=1S/C15H15ClN2O2S/c1-10-2-4-13(20-10)12-9-21-7-6-18(12)15(19)11-3-5-14(16)17-8-11/h2-5,8,12H,6-7,9H2,1H3/t12-/m1/s1. The number of pyridine rings is 1. The number of aromatic nitrogens is 1. The SMILES string of the molecule is Cc1ccc([C@H]2CSCCN2C(=O)c2ccc(Cl)nc2)o1. The fourth-order valence-corrected chi connectivity index (χ4v) is 3.55. The highest BCUT2D eigenvalue weighted by atomic mass is 35.5. The topological polar surface area (TPSA) is 46.3 Å². The third-order valence-corrected chi connectivity index (χ3v) is 4.70. The number of rotatable bonds is 2. The Labute approximate surface area is 132 Å². The molecule has 0 N–H and O–H groups in total. The first kappa shape index (κ1) is 14.5. The molecule has 3 rings (SSSR count). The van der Waals surface area contributed by atoms with Crippen molar-refractivity contribution < 1.29 is 9.21 Å². The Balaban J connectivity index is 1.87. The van der Waals surface area contributed by atoms with Crippen LogP contribution in [0.4, 0.5) is 0 Å². The van der Waals surface area contributed by atoms with Gasteiger partial charge in [0, 0.05) is 24.2 Å². The van der Waals surface area contributed by atoms with Gasteiger partial charge in [-0.15, -0.1) is 0 Å². The first-order valence-corrected chi connectivity index (χ1v) is 8.25. The van der Waals surface area contributed by atoms with Crippen LogP contribution < -0.4 is 0 Å². The van der Waals surface area contributed by atoms with Gasteiger partial charge in [0.2, 0.25) is 0 Å². The number of furan rings is 1. The predicted molar refractivity (Wildman–Crippen MR) is 83.8 cm³/mol. The number of carbonyl (C=O) groups excluding carboxylic acids is 1. The molecule has 0 radical (unpaired) electrons. The Kier molecular flexibility index (Phi) is 4.22. The zero-order chi connectivity index (χ0) is 14.8. The summed E-state index contributed by atoms with van der Waals surface area (Å²) in [6.45, 7) is 2.62. The number of nitrogens with zero attached hydrogens (tertiary/aromatic N) is 2. The quantitative estimate of drug-likeness (QED) is 0.793. The average Bonchev–Trinajstić information content (AvgIpc) is 2.94. The van der Waals surface area contributed by atoms with E-state index in [1.54, 1.807) is 12.1 Å². The lowest BCUT2D eigenvalue weighted by molar-refractivity contribution is 0.0681. The highest BCUT2D eigenvalue weighted by Crippen LogP contribution is 2.31. The van der Waals surface area contributed by atoms with Crippen molar-refractivity contribution in [3.8, 4) is 0 Å². The van der Waals surface area contributed by atoms with Crippen LogP contribution in [-0.4, -0.2) is 33.8 Å². The van der Waals surface area contributed by atoms with Crippen molar-refractivity contribution in [1.29, 1.82) is 0 Å². The van der Waals surface area contributed by atoms with E-state index in [9.17, 15) is 4.79 Å². The second-order valence-corrected chi connectivity index (χ2v) is 6.44. The monoisotopic (exact) mass is 322 g/mol. The highest BCUT2D eigenvalue weighted by molar-refractivity contribution is 7.99. The number of thioether (sulfide) groups is 1. The highest BCUT2D eigenvalue weighted by Gasteiger charge is 2.31. The van der Waals surface area contributed by atoms with Gasteiger partial charge < -0.3 is 9.32 Å². The maximum atomic E-state index is 12.7. The molecule has 0 saturated carbocycles. The summed E-state index contributed by atoms with van der Waals surface area (Å²) in [5, 5.41) is 0.388. The van der Waals surface area contributed by atoms with Crippen LogP contribution in [0, 0.1) is 6.92 Å². The molecule has 1 amide bonds. The summed E-state index contributed by atoms with van der Waals surface area (Å²) in [6.07, 6.45) is 1.52. The molecule has 2 aromatic rings. The maximum Gasteiger partial charge on any atom is 0.256 e. The van der Waals surface area contributed by atoms with Gasteiger partial charge in [0.1, 0.15) is 16.7 Å². The van der Waals surface area contributed by atoms with E-state index in [0.717, 1.165) is 23.0 Å². The minimum atomic E-state index is -0.0291. The minimum Gasteiger partial charge on any atom is -0.464 e. The second-order valence-electron chi connectivity index (χ2n) is 4.91. The van der Waals surface area contributed by atoms with Crippen LogP contribution in [0.25, 0.3) is 0 Å². The molecule has 0 aliphatic carbocycles. The average molecular weight is 323 g/mol. The van der Waals surface area contributed by atoms with Gasteiger partial charge >= 0.3 is 0 Å². The van der Waals surface area contributed by atoms with E-state index < -0.39 is 0 Å². The molecule has 0 bridgehead atoms. The first-order valence-electron chi connectivity index (χ1n) is 6.72. The van der Waals surface area contributed by atoms with Crippen LogP contribution in [0.3, 0.4) is 0 Å². The van der Waals surface area contributed by atoms with Gasteiger partial charge in [-0.2, -0.15) is 11.8 Å². The Hall–Kier alpha value is -1.46. The van der Waals surface area contributed by atoms with Crippen LogP contribution in [-0.2, 0) is 0 Å². The Morgan fingerprint density at radius 2 is 2.29 bits per heavy atom. The molecule has 3 heterocycles. The number of hydrogen-bond acceptors (Lipinski definition) is 4. The van der Waals surface area contributed by atoms with Crippen molar-refractivity contribution in [1.82, 2.24) is 9.88 Å². The molecular weight excluding hydrogens is 308 g/mol. The smallest absolute Gasteiger partial charge is 0.256 e. The van der Waals surface area contributed by atoms with Crippen LogP contribution in [0.2, 0.25) is 5.15 Å². The largest absolute Gasteiger partial charge is 0.464 e. The van der Waals surface area contributed by atoms with Gasteiger partial charge in [0.15, 0.2) is 0 Å². The summed E-state index contributed by atoms with van der Waals surface area (Å²) in [5.41, 5.74) is 0.555. The Bertz CT molecular complexity index is 641. The van der Waals surface area contributed by atoms with Crippen molar-refractivity contribution in [2.45, 2.75) is 13.0 Å². The molecule has 1 aliphatic heterocycles. The molecule has 2 aromatic heterocycles. The third-order valence-electron chi connectivity index (χ3n) is 3.45. The first-order chi connectivity index (χ1) is 10.1. The Morgan fingerprint density at radius 3 is 2.95 bits per heavy atom. The van der Waals surface area contributed by atoms with Gasteiger partial charge in [-0.25, -0.2) is 4.98 Å². The zero-order valence-electron chi connectivity index (χ0n) is 11.6. The van der Waals surface area contributed by atoms with E-state index in [2.05, 4.69) is 4.98 Å². The van der Waals surface area contributed by atoms with Gasteiger partial charge in [-0.05, 0) is 31.2 Å². The molecule has 1 aliphatic rings. The second kappa shape index (κ2) is 6.12. The molecule has 6 heteroatoms. The van der Waals surface area contributed by atoms with E-state index in [1.165, 1.54) is 6.20 Å². The molecule has 0 spiro atoms. The van der Waals surface area contributed by atoms with Gasteiger partial charge in [0.25, 0.3) is 5.91 Å². The number of aryl methyl sites for hydroxylation is 1. The lowest BCUT2D eigenvalue weighted by Crippen LogP contribution is -2.40. The normalized spacial score (nSPS) is 18.8. The molecule has 1 saturated heterocycles. The van der Waals surface area contributed by atoms with Crippen LogP contribution >= 0.6 is 23.4 Å². The lowest BCUT2D eigenvalue weighted by atomic mass is 10.1. The van der Waals surface area contributed by atoms with Gasteiger partial charge in [-0.3, -0.25) is 4.79 Å². The summed E-state index contributed by atoms with van der Waals surface area (Å²) >= 11 is 7.61. The summed E-state index contributed by atoms with van der Waals surface area (Å²) in [4.78, 5) is 18.5. The molecule has 1 atom stereocenters. The molecular formula is C15H15ClN2O2S. The van der Waals surface area contributed by atoms with Gasteiger partial charge in [-0.1, -0.05) is 11.6 Å². The summed E-state index contributed by atoms with van der Waals surface area (Å²) in [6, 6.07) is 7.21. The fourth-order valence-electron chi connectivity index (χ4n) is 2.38. The molecule has 21 heavy (non-hydrogen) atoms. The fraction of sp³-hybridized carbons (Fsp3) is 0.333. The van der Waals surface area contributed by atoms with Crippen LogP contribution in [0.15, 0.2) is 34.9 Å². The zero-order valence-corrected chi connectivity index (χ0v) is 13.2. The van der Waals surface area contributed by atoms with Crippen molar-refractivity contribution in [3.63, 3.8) is 0 Å². The molecule has 4 nitrogen and oxygen atoms in total. The number of amides is 1. The van der Waals surface area contributed by atoms with E-state index in [0.29, 0.717) is 17.3 Å². The van der Waals surface area contributed by atoms with Gasteiger partial charge in [0.05, 0.1) is 11.6 Å². The molecule has 110 valence electrons. The predicted octanol–water partition coefficient (Wildman–Crippen LogP) is 3.57. The minimum absolute atomic E-state index is 0.0272. The molecule has 1 fully saturated rings. The van der Waals surface area contributed by atoms with E-state index >= 15 is 0 Å². The third kappa shape index (κ3) is 3.09. The summed E-state index contributed by atoms with van der Waals surface area (Å²) in [5.74, 6) is 3.46. The van der Waals surface area contributed by atoms with Crippen molar-refractivity contribution >= 4 is 29.3 Å². The summed E-state index contributed by atoms with van der Waals surface area (Å²) in [7, 11) is 0. The van der Waals surface area contributed by atoms with Crippen molar-refractivity contribution in [2.24, 2.45) is 0 Å². The van der Waals surface area contributed by atoms with Crippen LogP contribution in [0.1, 0.15) is 27.9 Å². The Morgan fingerprint density at radius 1 is 1.43 bits per heavy atom. The van der Waals surface area contributed by atoms with Crippen LogP contribution in [0.5, 0.6) is 0 Å². The number of hydrogen-bond donors (Lipinski definition) is 0. The molecule has 0 aromatic carbocycles. The number of carbonyl (C=O) groups is 1. The maximum absolute atomic E-state index is 12.7. The van der Waals surface area contributed by atoms with Crippen molar-refractivity contribution in [2.75, 3.05) is 18.1 Å².